The summed E-state index contributed by atoms with van der Waals surface area (Å²) < 4.78 is 5.86. The van der Waals surface area contributed by atoms with Crippen molar-refractivity contribution in [2.75, 3.05) is 13.3 Å². The predicted octanol–water partition coefficient (Wildman–Crippen LogP) is 4.64. The van der Waals surface area contributed by atoms with Crippen molar-refractivity contribution in [2.45, 2.75) is 6.92 Å². The molecule has 0 saturated carbocycles. The smallest absolute Gasteiger partial charge is 0.336 e. The molecule has 2 aliphatic rings. The highest BCUT2D eigenvalue weighted by Gasteiger charge is 2.23. The van der Waals surface area contributed by atoms with E-state index in [1.165, 1.54) is 24.3 Å². The Kier molecular flexibility index (Phi) is 4.64. The number of hydrogen-bond donors (Lipinski definition) is 2. The molecule has 146 valence electrons. The molecule has 0 amide bonds. The van der Waals surface area contributed by atoms with Gasteiger partial charge in [-0.2, -0.15) is 0 Å². The molecule has 0 unspecified atom stereocenters. The van der Waals surface area contributed by atoms with Crippen molar-refractivity contribution < 1.29 is 19.4 Å². The number of benzene rings is 3. The van der Waals surface area contributed by atoms with E-state index >= 15 is 0 Å². The van der Waals surface area contributed by atoms with E-state index in [2.05, 4.69) is 13.3 Å². The second kappa shape index (κ2) is 7.02. The Labute approximate surface area is 168 Å². The predicted molar refractivity (Wildman–Crippen MR) is 116 cm³/mol. The van der Waals surface area contributed by atoms with Crippen LogP contribution < -0.4 is 10.7 Å². The first kappa shape index (κ1) is 19.2. The van der Waals surface area contributed by atoms with Crippen molar-refractivity contribution in [2.24, 2.45) is 0 Å². The standard InChI is InChI=1S/C23H19O5P/c1-12-8-17(18(23(26)27)11-21(12)29(2)3)22-15-6-4-13(24)9-19(15)28-20-10-14(25)5-7-16(20)22/h4-11,24H,1-3H3,(H,26,27). The van der Waals surface area contributed by atoms with Crippen molar-refractivity contribution in [1.29, 1.82) is 0 Å². The Morgan fingerprint density at radius 2 is 1.76 bits per heavy atom. The second-order valence-corrected chi connectivity index (χ2v) is 9.47. The Morgan fingerprint density at radius 3 is 2.45 bits per heavy atom. The maximum absolute atomic E-state index is 12.2. The van der Waals surface area contributed by atoms with Crippen molar-refractivity contribution in [3.8, 4) is 28.2 Å². The number of carboxylic acids is 1. The van der Waals surface area contributed by atoms with Crippen LogP contribution in [0.3, 0.4) is 0 Å². The monoisotopic (exact) mass is 406 g/mol. The number of hydrogen-bond acceptors (Lipinski definition) is 4. The van der Waals surface area contributed by atoms with Gasteiger partial charge < -0.3 is 14.6 Å². The van der Waals surface area contributed by atoms with Crippen LogP contribution in [0, 0.1) is 6.92 Å². The topological polar surface area (TPSA) is 87.7 Å². The average Bonchev–Trinajstić information content (AvgIpc) is 2.65. The summed E-state index contributed by atoms with van der Waals surface area (Å²) >= 11 is 0. The Balaban J connectivity index is 2.19. The molecule has 6 heteroatoms. The number of fused-ring (bicyclic) bond motifs is 2. The maximum Gasteiger partial charge on any atom is 0.336 e. The number of aromatic carboxylic acids is 1. The third-order valence-electron chi connectivity index (χ3n) is 4.99. The van der Waals surface area contributed by atoms with Crippen LogP contribution in [0.2, 0.25) is 0 Å². The molecular weight excluding hydrogens is 387 g/mol. The lowest BCUT2D eigenvalue weighted by Crippen LogP contribution is -2.11. The maximum atomic E-state index is 12.2. The molecule has 29 heavy (non-hydrogen) atoms. The fourth-order valence-electron chi connectivity index (χ4n) is 3.71. The van der Waals surface area contributed by atoms with Crippen molar-refractivity contribution in [1.82, 2.24) is 0 Å². The number of aromatic hydroxyl groups is 1. The van der Waals surface area contributed by atoms with E-state index in [1.54, 1.807) is 18.2 Å². The van der Waals surface area contributed by atoms with Gasteiger partial charge in [0.15, 0.2) is 5.43 Å². The van der Waals surface area contributed by atoms with Gasteiger partial charge >= 0.3 is 5.97 Å². The number of phenolic OH excluding ortho intramolecular Hbond substituents is 1. The minimum absolute atomic E-state index is 0.0254. The molecule has 2 aromatic carbocycles. The minimum atomic E-state index is -1.01. The van der Waals surface area contributed by atoms with Gasteiger partial charge in [0.1, 0.15) is 17.1 Å². The molecular formula is C23H19O5P. The van der Waals surface area contributed by atoms with Gasteiger partial charge in [-0.15, -0.1) is 0 Å². The van der Waals surface area contributed by atoms with Gasteiger partial charge in [-0.1, -0.05) is 7.92 Å². The molecule has 1 aliphatic carbocycles. The van der Waals surface area contributed by atoms with Gasteiger partial charge in [0.2, 0.25) is 0 Å². The van der Waals surface area contributed by atoms with E-state index in [1.807, 2.05) is 13.0 Å². The van der Waals surface area contributed by atoms with Crippen LogP contribution in [0.5, 0.6) is 5.75 Å². The fraction of sp³-hybridized carbons (Fsp3) is 0.130. The van der Waals surface area contributed by atoms with Crippen molar-refractivity contribution >= 4 is 30.2 Å². The summed E-state index contributed by atoms with van der Waals surface area (Å²) in [5.41, 5.74) is 3.27. The van der Waals surface area contributed by atoms with Crippen LogP contribution in [0.1, 0.15) is 15.9 Å². The highest BCUT2D eigenvalue weighted by atomic mass is 31.1. The average molecular weight is 406 g/mol. The molecule has 4 rings (SSSR count). The van der Waals surface area contributed by atoms with Crippen LogP contribution in [0.25, 0.3) is 33.4 Å². The first-order chi connectivity index (χ1) is 13.8. The molecule has 0 radical (unpaired) electrons. The zero-order valence-electron chi connectivity index (χ0n) is 16.2. The lowest BCUT2D eigenvalue weighted by atomic mass is 9.90. The molecule has 0 spiro atoms. The van der Waals surface area contributed by atoms with Crippen LogP contribution in [0.15, 0.2) is 57.7 Å². The Hall–Kier alpha value is -3.17. The molecule has 0 fully saturated rings. The van der Waals surface area contributed by atoms with E-state index in [4.69, 9.17) is 4.42 Å². The van der Waals surface area contributed by atoms with Crippen LogP contribution in [0.4, 0.5) is 0 Å². The molecule has 1 heterocycles. The van der Waals surface area contributed by atoms with Gasteiger partial charge in [0.05, 0.1) is 5.56 Å². The van der Waals surface area contributed by atoms with Gasteiger partial charge in [-0.3, -0.25) is 4.79 Å². The van der Waals surface area contributed by atoms with E-state index in [0.717, 1.165) is 10.9 Å². The number of carbonyl (C=O) groups is 1. The number of carboxylic acid groups (broad SMARTS) is 1. The van der Waals surface area contributed by atoms with Crippen LogP contribution in [-0.2, 0) is 0 Å². The second-order valence-electron chi connectivity index (χ2n) is 7.20. The molecule has 0 atom stereocenters. The number of rotatable bonds is 3. The summed E-state index contributed by atoms with van der Waals surface area (Å²) in [4.78, 5) is 24.0. The van der Waals surface area contributed by atoms with Gasteiger partial charge in [0, 0.05) is 28.6 Å². The quantitative estimate of drug-likeness (QED) is 0.382. The fourth-order valence-corrected chi connectivity index (χ4v) is 4.87. The van der Waals surface area contributed by atoms with E-state index in [-0.39, 0.29) is 16.7 Å². The van der Waals surface area contributed by atoms with E-state index in [0.29, 0.717) is 33.4 Å². The van der Waals surface area contributed by atoms with Gasteiger partial charge in [-0.05, 0) is 73.1 Å². The molecule has 0 aromatic heterocycles. The van der Waals surface area contributed by atoms with Crippen molar-refractivity contribution in [3.05, 3.63) is 69.9 Å². The minimum Gasteiger partial charge on any atom is -0.508 e. The van der Waals surface area contributed by atoms with Crippen molar-refractivity contribution in [3.63, 3.8) is 0 Å². The normalized spacial score (nSPS) is 11.4. The lowest BCUT2D eigenvalue weighted by molar-refractivity contribution is 0.0698. The van der Waals surface area contributed by atoms with Gasteiger partial charge in [0.25, 0.3) is 0 Å². The first-order valence-electron chi connectivity index (χ1n) is 9.01. The summed E-state index contributed by atoms with van der Waals surface area (Å²) in [6.07, 6.45) is 0. The third-order valence-corrected chi connectivity index (χ3v) is 6.44. The SMILES string of the molecule is Cc1cc(-c2c3ccc(=O)cc-3oc3cc(O)ccc23)c(C(=O)O)cc1P(C)C. The number of aryl methyl sites for hydroxylation is 1. The molecule has 1 aliphatic heterocycles. The van der Waals surface area contributed by atoms with E-state index < -0.39 is 13.9 Å². The summed E-state index contributed by atoms with van der Waals surface area (Å²) in [6.45, 7) is 6.16. The highest BCUT2D eigenvalue weighted by molar-refractivity contribution is 7.64. The number of phenols is 1. The van der Waals surface area contributed by atoms with E-state index in [9.17, 15) is 19.8 Å². The summed E-state index contributed by atoms with van der Waals surface area (Å²) in [7, 11) is -0.473. The summed E-state index contributed by atoms with van der Waals surface area (Å²) in [5.74, 6) is -0.645. The first-order valence-corrected chi connectivity index (χ1v) is 11.2. The molecule has 2 N–H and O–H groups in total. The van der Waals surface area contributed by atoms with Crippen LogP contribution >= 0.6 is 7.92 Å². The molecule has 0 bridgehead atoms. The highest BCUT2D eigenvalue weighted by Crippen LogP contribution is 2.42. The Morgan fingerprint density at radius 1 is 1.00 bits per heavy atom. The van der Waals surface area contributed by atoms with Gasteiger partial charge in [-0.25, -0.2) is 4.79 Å². The largest absolute Gasteiger partial charge is 0.508 e. The molecule has 5 nitrogen and oxygen atoms in total. The summed E-state index contributed by atoms with van der Waals surface area (Å²) in [5, 5.41) is 21.5. The molecule has 2 aromatic rings. The van der Waals surface area contributed by atoms with Crippen LogP contribution in [-0.4, -0.2) is 29.5 Å². The molecule has 0 saturated heterocycles. The zero-order valence-corrected chi connectivity index (χ0v) is 17.1. The zero-order chi connectivity index (χ0) is 20.9. The summed E-state index contributed by atoms with van der Waals surface area (Å²) in [6, 6.07) is 12.8. The third kappa shape index (κ3) is 3.28. The Bertz CT molecular complexity index is 1300. The lowest BCUT2D eigenvalue weighted by Gasteiger charge is -2.19.